The van der Waals surface area contributed by atoms with Crippen LogP contribution in [-0.2, 0) is 24.5 Å². The molecule has 1 aliphatic heterocycles. The highest BCUT2D eigenvalue weighted by Gasteiger charge is 2.21. The van der Waals surface area contributed by atoms with Crippen LogP contribution in [0.25, 0.3) is 11.0 Å². The molecule has 1 atom stereocenters. The molecule has 1 saturated heterocycles. The maximum Gasteiger partial charge on any atom is 0.222 e. The number of rotatable bonds is 7. The number of piperidine rings is 1. The lowest BCUT2D eigenvalue weighted by Crippen LogP contribution is -2.47. The number of hydrogen-bond donors (Lipinski definition) is 2. The first-order valence-corrected chi connectivity index (χ1v) is 10.8. The summed E-state index contributed by atoms with van der Waals surface area (Å²) >= 11 is 5.97. The van der Waals surface area contributed by atoms with E-state index in [4.69, 9.17) is 11.6 Å². The van der Waals surface area contributed by atoms with E-state index < -0.39 is 0 Å². The summed E-state index contributed by atoms with van der Waals surface area (Å²) in [6.07, 6.45) is 2.43. The fourth-order valence-electron chi connectivity index (χ4n) is 4.17. The second kappa shape index (κ2) is 9.60. The van der Waals surface area contributed by atoms with Crippen LogP contribution in [0.3, 0.4) is 0 Å². The maximum absolute atomic E-state index is 12.6. The topological polar surface area (TPSA) is 70.4 Å². The number of imidazole rings is 1. The Balaban J connectivity index is 1.31. The molecule has 6 nitrogen and oxygen atoms in total. The molecule has 158 valence electrons. The van der Waals surface area contributed by atoms with Crippen molar-refractivity contribution in [1.29, 1.82) is 0 Å². The number of amides is 1. The normalized spacial score (nSPS) is 17.3. The van der Waals surface area contributed by atoms with Gasteiger partial charge in [-0.05, 0) is 49.2 Å². The quantitative estimate of drug-likeness (QED) is 0.607. The summed E-state index contributed by atoms with van der Waals surface area (Å²) in [6.45, 7) is 3.12. The molecule has 30 heavy (non-hydrogen) atoms. The summed E-state index contributed by atoms with van der Waals surface area (Å²) in [4.78, 5) is 19.4. The predicted molar refractivity (Wildman–Crippen MR) is 118 cm³/mol. The number of likely N-dealkylation sites (tertiary alicyclic amines) is 1. The minimum atomic E-state index is -0.140. The molecular formula is C23H27ClN4O2. The zero-order chi connectivity index (χ0) is 20.9. The number of para-hydroxylation sites is 2. The van der Waals surface area contributed by atoms with Gasteiger partial charge in [-0.15, -0.1) is 0 Å². The Labute approximate surface area is 181 Å². The predicted octanol–water partition coefficient (Wildman–Crippen LogP) is 3.35. The van der Waals surface area contributed by atoms with E-state index in [0.29, 0.717) is 18.8 Å². The average Bonchev–Trinajstić information content (AvgIpc) is 3.12. The highest BCUT2D eigenvalue weighted by atomic mass is 35.5. The van der Waals surface area contributed by atoms with Crippen molar-refractivity contribution in [2.75, 3.05) is 13.1 Å². The second-order valence-corrected chi connectivity index (χ2v) is 8.28. The van der Waals surface area contributed by atoms with Gasteiger partial charge in [-0.1, -0.05) is 35.9 Å². The van der Waals surface area contributed by atoms with Crippen LogP contribution in [0.5, 0.6) is 0 Å². The third-order valence-electron chi connectivity index (χ3n) is 5.63. The minimum Gasteiger partial charge on any atom is -0.388 e. The van der Waals surface area contributed by atoms with Crippen LogP contribution < -0.4 is 5.32 Å². The van der Waals surface area contributed by atoms with E-state index in [9.17, 15) is 9.90 Å². The number of hydrogen-bond acceptors (Lipinski definition) is 4. The van der Waals surface area contributed by atoms with Crippen molar-refractivity contribution in [3.05, 3.63) is 64.9 Å². The highest BCUT2D eigenvalue weighted by molar-refractivity contribution is 6.30. The summed E-state index contributed by atoms with van der Waals surface area (Å²) < 4.78 is 1.93. The SMILES string of the molecule is O=C(CCn1c(CO)nc2ccccc21)N[C@@H]1CCCN(Cc2ccc(Cl)cc2)C1. The Morgan fingerprint density at radius 2 is 2.00 bits per heavy atom. The van der Waals surface area contributed by atoms with E-state index >= 15 is 0 Å². The van der Waals surface area contributed by atoms with Crippen molar-refractivity contribution in [2.45, 2.75) is 45.0 Å². The fraction of sp³-hybridized carbons (Fsp3) is 0.391. The average molecular weight is 427 g/mol. The number of aryl methyl sites for hydroxylation is 1. The van der Waals surface area contributed by atoms with Crippen LogP contribution in [0.15, 0.2) is 48.5 Å². The number of fused-ring (bicyclic) bond motifs is 1. The van der Waals surface area contributed by atoms with Gasteiger partial charge in [0.15, 0.2) is 0 Å². The summed E-state index contributed by atoms with van der Waals surface area (Å²) in [5.74, 6) is 0.630. The molecule has 1 aromatic heterocycles. The summed E-state index contributed by atoms with van der Waals surface area (Å²) in [5, 5.41) is 13.6. The molecule has 0 aliphatic carbocycles. The molecule has 7 heteroatoms. The third-order valence-corrected chi connectivity index (χ3v) is 5.88. The lowest BCUT2D eigenvalue weighted by molar-refractivity contribution is -0.122. The van der Waals surface area contributed by atoms with Gasteiger partial charge < -0.3 is 15.0 Å². The van der Waals surface area contributed by atoms with Gasteiger partial charge in [-0.25, -0.2) is 4.98 Å². The smallest absolute Gasteiger partial charge is 0.222 e. The molecule has 1 aliphatic rings. The van der Waals surface area contributed by atoms with Gasteiger partial charge in [-0.2, -0.15) is 0 Å². The Kier molecular flexibility index (Phi) is 6.67. The Bertz CT molecular complexity index is 1000. The van der Waals surface area contributed by atoms with Crippen LogP contribution in [0.4, 0.5) is 0 Å². The molecule has 2 aromatic carbocycles. The van der Waals surface area contributed by atoms with E-state index in [0.717, 1.165) is 48.5 Å². The molecule has 0 radical (unpaired) electrons. The number of nitrogens with one attached hydrogen (secondary N) is 1. The molecular weight excluding hydrogens is 400 g/mol. The van der Waals surface area contributed by atoms with E-state index in [1.165, 1.54) is 5.56 Å². The maximum atomic E-state index is 12.6. The van der Waals surface area contributed by atoms with Gasteiger partial charge in [0.25, 0.3) is 0 Å². The van der Waals surface area contributed by atoms with Crippen molar-refractivity contribution in [2.24, 2.45) is 0 Å². The first kappa shape index (κ1) is 20.8. The zero-order valence-corrected chi connectivity index (χ0v) is 17.7. The number of nitrogens with zero attached hydrogens (tertiary/aromatic N) is 3. The number of carbonyl (C=O) groups is 1. The first-order valence-electron chi connectivity index (χ1n) is 10.4. The van der Waals surface area contributed by atoms with Crippen molar-refractivity contribution < 1.29 is 9.90 Å². The van der Waals surface area contributed by atoms with Gasteiger partial charge in [0.1, 0.15) is 12.4 Å². The van der Waals surface area contributed by atoms with Crippen LogP contribution >= 0.6 is 11.6 Å². The van der Waals surface area contributed by atoms with Gasteiger partial charge in [-0.3, -0.25) is 9.69 Å². The standard InChI is InChI=1S/C23H27ClN4O2/c24-18-9-7-17(8-10-18)14-27-12-3-4-19(15-27)25-23(30)11-13-28-21-6-2-1-5-20(21)26-22(28)16-29/h1-2,5-10,19,29H,3-4,11-16H2,(H,25,30)/t19-/m1/s1. The van der Waals surface area contributed by atoms with Crippen LogP contribution in [0, 0.1) is 0 Å². The zero-order valence-electron chi connectivity index (χ0n) is 16.9. The van der Waals surface area contributed by atoms with Gasteiger partial charge in [0.2, 0.25) is 5.91 Å². The molecule has 4 rings (SSSR count). The molecule has 0 spiro atoms. The van der Waals surface area contributed by atoms with Crippen molar-refractivity contribution in [1.82, 2.24) is 19.8 Å². The minimum absolute atomic E-state index is 0.0370. The fourth-order valence-corrected chi connectivity index (χ4v) is 4.30. The van der Waals surface area contributed by atoms with Crippen molar-refractivity contribution in [3.63, 3.8) is 0 Å². The van der Waals surface area contributed by atoms with E-state index in [2.05, 4.69) is 27.3 Å². The largest absolute Gasteiger partial charge is 0.388 e. The van der Waals surface area contributed by atoms with E-state index in [1.54, 1.807) is 0 Å². The van der Waals surface area contributed by atoms with Crippen molar-refractivity contribution in [3.8, 4) is 0 Å². The number of aromatic nitrogens is 2. The summed E-state index contributed by atoms with van der Waals surface area (Å²) in [7, 11) is 0. The van der Waals surface area contributed by atoms with Crippen LogP contribution in [-0.4, -0.2) is 44.6 Å². The Hall–Kier alpha value is -2.41. The summed E-state index contributed by atoms with van der Waals surface area (Å²) in [5.41, 5.74) is 3.02. The van der Waals surface area contributed by atoms with Crippen molar-refractivity contribution >= 4 is 28.5 Å². The van der Waals surface area contributed by atoms with Gasteiger partial charge in [0.05, 0.1) is 11.0 Å². The number of benzene rings is 2. The molecule has 0 saturated carbocycles. The number of carbonyl (C=O) groups excluding carboxylic acids is 1. The summed E-state index contributed by atoms with van der Waals surface area (Å²) in [6, 6.07) is 15.9. The van der Waals surface area contributed by atoms with E-state index in [-0.39, 0.29) is 18.6 Å². The Morgan fingerprint density at radius 3 is 2.80 bits per heavy atom. The van der Waals surface area contributed by atoms with Crippen LogP contribution in [0.2, 0.25) is 5.02 Å². The lowest BCUT2D eigenvalue weighted by Gasteiger charge is -2.33. The molecule has 0 unspecified atom stereocenters. The van der Waals surface area contributed by atoms with Gasteiger partial charge in [0, 0.05) is 37.1 Å². The molecule has 2 N–H and O–H groups in total. The Morgan fingerprint density at radius 1 is 1.20 bits per heavy atom. The molecule has 0 bridgehead atoms. The monoisotopic (exact) mass is 426 g/mol. The number of aliphatic hydroxyl groups is 1. The molecule has 3 aromatic rings. The molecule has 1 amide bonds. The number of aliphatic hydroxyl groups excluding tert-OH is 1. The number of halogens is 1. The lowest BCUT2D eigenvalue weighted by atomic mass is 10.0. The molecule has 2 heterocycles. The first-order chi connectivity index (χ1) is 14.6. The van der Waals surface area contributed by atoms with Crippen LogP contribution in [0.1, 0.15) is 30.7 Å². The highest BCUT2D eigenvalue weighted by Crippen LogP contribution is 2.18. The third kappa shape index (κ3) is 5.01. The second-order valence-electron chi connectivity index (χ2n) is 7.84. The van der Waals surface area contributed by atoms with E-state index in [1.807, 2.05) is 41.0 Å². The van der Waals surface area contributed by atoms with Gasteiger partial charge >= 0.3 is 0 Å². The molecule has 1 fully saturated rings.